The summed E-state index contributed by atoms with van der Waals surface area (Å²) in [6, 6.07) is 4.24. The van der Waals surface area contributed by atoms with Crippen LogP contribution in [0.15, 0.2) is 40.9 Å². The van der Waals surface area contributed by atoms with Gasteiger partial charge < -0.3 is 5.11 Å². The van der Waals surface area contributed by atoms with E-state index in [9.17, 15) is 31.1 Å². The topological polar surface area (TPSA) is 37.3 Å². The first-order valence-electron chi connectivity index (χ1n) is 7.55. The zero-order valence-corrected chi connectivity index (χ0v) is 17.0. The standard InChI is InChI=1S/C18H9BrCl2F6O2/c19-13-6-9(7-14(20)15(13)21)11(17(22,23)24)4-2-8-1-3-10(16(28)29)12(5-8)18(25,26)27/h1-7,11H,(H,28,29). The number of rotatable bonds is 4. The molecule has 0 saturated heterocycles. The average molecular weight is 522 g/mol. The molecule has 0 aliphatic carbocycles. The molecule has 0 heterocycles. The van der Waals surface area contributed by atoms with E-state index in [2.05, 4.69) is 15.9 Å². The van der Waals surface area contributed by atoms with Crippen molar-refractivity contribution in [1.29, 1.82) is 0 Å². The van der Waals surface area contributed by atoms with Crippen LogP contribution in [-0.2, 0) is 6.18 Å². The molecule has 0 aliphatic heterocycles. The monoisotopic (exact) mass is 520 g/mol. The lowest BCUT2D eigenvalue weighted by molar-refractivity contribution is -0.139. The molecule has 0 amide bonds. The highest BCUT2D eigenvalue weighted by atomic mass is 79.9. The Morgan fingerprint density at radius 2 is 1.69 bits per heavy atom. The molecule has 0 saturated carbocycles. The number of carboxylic acid groups (broad SMARTS) is 1. The molecule has 156 valence electrons. The number of hydrogen-bond acceptors (Lipinski definition) is 1. The van der Waals surface area contributed by atoms with Crippen LogP contribution >= 0.6 is 39.1 Å². The quantitative estimate of drug-likeness (QED) is 0.329. The van der Waals surface area contributed by atoms with Crippen molar-refractivity contribution in [3.63, 3.8) is 0 Å². The van der Waals surface area contributed by atoms with Crippen LogP contribution in [0.4, 0.5) is 26.3 Å². The first-order chi connectivity index (χ1) is 13.2. The second-order valence-electron chi connectivity index (χ2n) is 5.78. The van der Waals surface area contributed by atoms with Crippen molar-refractivity contribution in [2.75, 3.05) is 0 Å². The Balaban J connectivity index is 2.52. The van der Waals surface area contributed by atoms with Crippen molar-refractivity contribution < 1.29 is 36.2 Å². The fraction of sp³-hybridized carbons (Fsp3) is 0.167. The number of allylic oxidation sites excluding steroid dienone is 1. The molecule has 2 rings (SSSR count). The van der Waals surface area contributed by atoms with Crippen molar-refractivity contribution in [2.45, 2.75) is 18.3 Å². The third-order valence-corrected chi connectivity index (χ3v) is 5.43. The molecule has 0 fully saturated rings. The van der Waals surface area contributed by atoms with Gasteiger partial charge in [-0.15, -0.1) is 0 Å². The van der Waals surface area contributed by atoms with E-state index in [4.69, 9.17) is 28.3 Å². The summed E-state index contributed by atoms with van der Waals surface area (Å²) in [4.78, 5) is 11.0. The normalized spacial score (nSPS) is 13.7. The van der Waals surface area contributed by atoms with Gasteiger partial charge in [-0.3, -0.25) is 0 Å². The maximum Gasteiger partial charge on any atom is 0.417 e. The van der Waals surface area contributed by atoms with Crippen LogP contribution < -0.4 is 0 Å². The molecule has 0 aliphatic rings. The molecule has 2 aromatic carbocycles. The first-order valence-corrected chi connectivity index (χ1v) is 9.10. The molecule has 0 spiro atoms. The number of carboxylic acids is 1. The molecule has 11 heteroatoms. The molecule has 0 aromatic heterocycles. The van der Waals surface area contributed by atoms with Gasteiger partial charge in [0.25, 0.3) is 0 Å². The summed E-state index contributed by atoms with van der Waals surface area (Å²) in [5.74, 6) is -4.00. The largest absolute Gasteiger partial charge is 0.478 e. The molecule has 0 bridgehead atoms. The lowest BCUT2D eigenvalue weighted by Crippen LogP contribution is -2.19. The highest BCUT2D eigenvalue weighted by Crippen LogP contribution is 2.41. The third-order valence-electron chi connectivity index (χ3n) is 3.78. The van der Waals surface area contributed by atoms with Gasteiger partial charge in [0.05, 0.1) is 27.1 Å². The van der Waals surface area contributed by atoms with Gasteiger partial charge >= 0.3 is 18.3 Å². The van der Waals surface area contributed by atoms with Crippen LogP contribution in [0, 0.1) is 0 Å². The van der Waals surface area contributed by atoms with Crippen LogP contribution in [0.5, 0.6) is 0 Å². The van der Waals surface area contributed by atoms with E-state index in [1.54, 1.807) is 0 Å². The van der Waals surface area contributed by atoms with Crippen LogP contribution in [0.25, 0.3) is 6.08 Å². The van der Waals surface area contributed by atoms with Crippen molar-refractivity contribution in [3.8, 4) is 0 Å². The van der Waals surface area contributed by atoms with Crippen LogP contribution in [0.3, 0.4) is 0 Å². The summed E-state index contributed by atoms with van der Waals surface area (Å²) in [5, 5.41) is 8.75. The van der Waals surface area contributed by atoms with E-state index >= 15 is 0 Å². The van der Waals surface area contributed by atoms with Gasteiger partial charge in [-0.25, -0.2) is 4.79 Å². The maximum absolute atomic E-state index is 13.5. The minimum absolute atomic E-state index is 0.0133. The summed E-state index contributed by atoms with van der Waals surface area (Å²) in [7, 11) is 0. The molecule has 2 nitrogen and oxygen atoms in total. The minimum Gasteiger partial charge on any atom is -0.478 e. The number of alkyl halides is 6. The summed E-state index contributed by atoms with van der Waals surface area (Å²) in [5.41, 5.74) is -3.01. The summed E-state index contributed by atoms with van der Waals surface area (Å²) < 4.78 is 79.9. The first kappa shape index (κ1) is 23.6. The van der Waals surface area contributed by atoms with Gasteiger partial charge in [0, 0.05) is 4.47 Å². The molecule has 2 aromatic rings. The van der Waals surface area contributed by atoms with Gasteiger partial charge in [-0.1, -0.05) is 41.4 Å². The highest BCUT2D eigenvalue weighted by Gasteiger charge is 2.39. The maximum atomic E-state index is 13.5. The van der Waals surface area contributed by atoms with Gasteiger partial charge in [0.2, 0.25) is 0 Å². The van der Waals surface area contributed by atoms with Crippen molar-refractivity contribution in [1.82, 2.24) is 0 Å². The fourth-order valence-electron chi connectivity index (χ4n) is 2.46. The smallest absolute Gasteiger partial charge is 0.417 e. The van der Waals surface area contributed by atoms with Crippen LogP contribution in [0.2, 0.25) is 10.0 Å². The van der Waals surface area contributed by atoms with Crippen LogP contribution in [-0.4, -0.2) is 17.3 Å². The average Bonchev–Trinajstić information content (AvgIpc) is 2.57. The van der Waals surface area contributed by atoms with E-state index in [1.807, 2.05) is 0 Å². The Labute approximate surface area is 178 Å². The number of aromatic carboxylic acids is 1. The Bertz CT molecular complexity index is 947. The van der Waals surface area contributed by atoms with E-state index in [-0.39, 0.29) is 25.6 Å². The molecule has 1 N–H and O–H groups in total. The lowest BCUT2D eigenvalue weighted by Gasteiger charge is -2.18. The molecule has 29 heavy (non-hydrogen) atoms. The summed E-state index contributed by atoms with van der Waals surface area (Å²) in [6.07, 6.45) is -8.28. The van der Waals surface area contributed by atoms with Gasteiger partial charge in [-0.2, -0.15) is 26.3 Å². The summed E-state index contributed by atoms with van der Waals surface area (Å²) in [6.45, 7) is 0. The van der Waals surface area contributed by atoms with Gasteiger partial charge in [0.15, 0.2) is 0 Å². The lowest BCUT2D eigenvalue weighted by atomic mass is 9.96. The third kappa shape index (κ3) is 5.67. The van der Waals surface area contributed by atoms with Gasteiger partial charge in [0.1, 0.15) is 0 Å². The zero-order valence-electron chi connectivity index (χ0n) is 13.9. The van der Waals surface area contributed by atoms with Crippen molar-refractivity contribution >= 4 is 51.2 Å². The Morgan fingerprint density at radius 1 is 1.07 bits per heavy atom. The predicted molar refractivity (Wildman–Crippen MR) is 100 cm³/mol. The number of hydrogen-bond donors (Lipinski definition) is 1. The predicted octanol–water partition coefficient (Wildman–Crippen LogP) is 7.83. The van der Waals surface area contributed by atoms with E-state index in [1.165, 1.54) is 0 Å². The second-order valence-corrected chi connectivity index (χ2v) is 7.42. The Kier molecular flexibility index (Phi) is 6.97. The highest BCUT2D eigenvalue weighted by molar-refractivity contribution is 9.10. The van der Waals surface area contributed by atoms with Crippen molar-refractivity contribution in [2.24, 2.45) is 0 Å². The minimum atomic E-state index is -4.99. The fourth-order valence-corrected chi connectivity index (χ4v) is 3.39. The zero-order chi connectivity index (χ0) is 22.1. The molecular formula is C18H9BrCl2F6O2. The van der Waals surface area contributed by atoms with E-state index in [0.29, 0.717) is 18.2 Å². The summed E-state index contributed by atoms with van der Waals surface area (Å²) >= 11 is 14.6. The SMILES string of the molecule is O=C(O)c1ccc(C=CC(c2cc(Cl)c(Cl)c(Br)c2)C(F)(F)F)cc1C(F)(F)F. The van der Waals surface area contributed by atoms with E-state index in [0.717, 1.165) is 24.3 Å². The second kappa shape index (κ2) is 8.57. The molecular weight excluding hydrogens is 513 g/mol. The van der Waals surface area contributed by atoms with E-state index < -0.39 is 35.4 Å². The number of benzene rings is 2. The number of carbonyl (C=O) groups is 1. The Morgan fingerprint density at radius 3 is 2.17 bits per heavy atom. The van der Waals surface area contributed by atoms with Crippen molar-refractivity contribution in [3.05, 3.63) is 73.2 Å². The molecule has 1 atom stereocenters. The molecule has 1 unspecified atom stereocenters. The number of halogens is 9. The van der Waals surface area contributed by atoms with Gasteiger partial charge in [-0.05, 0) is 51.3 Å². The van der Waals surface area contributed by atoms with Crippen LogP contribution in [0.1, 0.15) is 33.0 Å². The molecule has 0 radical (unpaired) electrons. The Hall–Kier alpha value is -1.71.